The Hall–Kier alpha value is -1.64. The van der Waals surface area contributed by atoms with Crippen molar-refractivity contribution in [3.8, 4) is 0 Å². The van der Waals surface area contributed by atoms with Crippen molar-refractivity contribution in [2.24, 2.45) is 5.10 Å². The number of aryl methyl sites for hydroxylation is 1. The summed E-state index contributed by atoms with van der Waals surface area (Å²) in [5.41, 5.74) is 6.36. The van der Waals surface area contributed by atoms with Crippen molar-refractivity contribution < 1.29 is 4.79 Å². The Labute approximate surface area is 89.2 Å². The molecule has 0 amide bonds. The molecule has 0 radical (unpaired) electrons. The van der Waals surface area contributed by atoms with Crippen LogP contribution in [-0.4, -0.2) is 18.0 Å². The van der Waals surface area contributed by atoms with Crippen LogP contribution < -0.4 is 5.43 Å². The summed E-state index contributed by atoms with van der Waals surface area (Å²) in [5.74, 6) is 0. The fraction of sp³-hybridized carbons (Fsp3) is 0.333. The minimum absolute atomic E-state index is 0.120. The Morgan fingerprint density at radius 1 is 1.47 bits per heavy atom. The van der Waals surface area contributed by atoms with Crippen LogP contribution in [0.1, 0.15) is 17.5 Å². The predicted molar refractivity (Wildman–Crippen MR) is 59.9 cm³/mol. The number of hydrazone groups is 1. The summed E-state index contributed by atoms with van der Waals surface area (Å²) in [5, 5.41) is 4.14. The van der Waals surface area contributed by atoms with Crippen molar-refractivity contribution in [3.63, 3.8) is 0 Å². The van der Waals surface area contributed by atoms with Crippen LogP contribution in [0.3, 0.4) is 0 Å². The molecular weight excluding hydrogens is 188 g/mol. The normalized spacial score (nSPS) is 19.5. The van der Waals surface area contributed by atoms with Gasteiger partial charge < -0.3 is 4.79 Å². The molecule has 0 aliphatic carbocycles. The van der Waals surface area contributed by atoms with Gasteiger partial charge in [0.1, 0.15) is 12.3 Å². The summed E-state index contributed by atoms with van der Waals surface area (Å²) in [4.78, 5) is 10.5. The van der Waals surface area contributed by atoms with Crippen LogP contribution in [0.2, 0.25) is 0 Å². The van der Waals surface area contributed by atoms with Gasteiger partial charge in [-0.2, -0.15) is 5.10 Å². The summed E-state index contributed by atoms with van der Waals surface area (Å²) in [6, 6.07) is 8.27. The Kier molecular flexibility index (Phi) is 2.81. The van der Waals surface area contributed by atoms with Gasteiger partial charge in [0.25, 0.3) is 0 Å². The van der Waals surface area contributed by atoms with Crippen molar-refractivity contribution in [3.05, 3.63) is 35.4 Å². The van der Waals surface area contributed by atoms with E-state index in [4.69, 9.17) is 0 Å². The maximum absolute atomic E-state index is 10.5. The largest absolute Gasteiger partial charge is 0.301 e. The smallest absolute Gasteiger partial charge is 0.144 e. The predicted octanol–water partition coefficient (Wildman–Crippen LogP) is 1.45. The fourth-order valence-electron chi connectivity index (χ4n) is 1.65. The minimum atomic E-state index is -0.120. The molecule has 78 valence electrons. The zero-order valence-corrected chi connectivity index (χ0v) is 8.73. The van der Waals surface area contributed by atoms with Crippen molar-refractivity contribution in [2.45, 2.75) is 25.8 Å². The van der Waals surface area contributed by atoms with E-state index in [1.165, 1.54) is 11.1 Å². The highest BCUT2D eigenvalue weighted by Crippen LogP contribution is 2.09. The molecule has 1 unspecified atom stereocenters. The van der Waals surface area contributed by atoms with Crippen molar-refractivity contribution in [1.82, 2.24) is 5.43 Å². The molecule has 1 aliphatic heterocycles. The van der Waals surface area contributed by atoms with E-state index in [0.717, 1.165) is 24.8 Å². The average molecular weight is 202 g/mol. The van der Waals surface area contributed by atoms with Gasteiger partial charge in [-0.3, -0.25) is 5.43 Å². The van der Waals surface area contributed by atoms with Gasteiger partial charge in [-0.25, -0.2) is 0 Å². The van der Waals surface area contributed by atoms with E-state index >= 15 is 0 Å². The standard InChI is InChI=1S/C12H14N2O/c1-9-2-4-10(5-3-9)6-11-7-12(8-15)14-13-11/h2-5,8,12,14H,6-7H2,1H3. The second-order valence-corrected chi connectivity index (χ2v) is 3.92. The first-order chi connectivity index (χ1) is 7.28. The van der Waals surface area contributed by atoms with Crippen LogP contribution in [0.25, 0.3) is 0 Å². The molecule has 0 bridgehead atoms. The lowest BCUT2D eigenvalue weighted by Gasteiger charge is -2.01. The van der Waals surface area contributed by atoms with Gasteiger partial charge in [-0.05, 0) is 12.5 Å². The fourth-order valence-corrected chi connectivity index (χ4v) is 1.65. The van der Waals surface area contributed by atoms with E-state index in [2.05, 4.69) is 41.7 Å². The van der Waals surface area contributed by atoms with Gasteiger partial charge in [0.05, 0.1) is 0 Å². The summed E-state index contributed by atoms with van der Waals surface area (Å²) in [7, 11) is 0. The Morgan fingerprint density at radius 2 is 2.20 bits per heavy atom. The van der Waals surface area contributed by atoms with E-state index in [0.29, 0.717) is 0 Å². The van der Waals surface area contributed by atoms with Crippen LogP contribution in [0.15, 0.2) is 29.4 Å². The number of aldehydes is 1. The van der Waals surface area contributed by atoms with Gasteiger partial charge >= 0.3 is 0 Å². The monoisotopic (exact) mass is 202 g/mol. The molecule has 3 nitrogen and oxygen atoms in total. The number of hydrogen-bond donors (Lipinski definition) is 1. The second kappa shape index (κ2) is 4.26. The maximum Gasteiger partial charge on any atom is 0.144 e. The molecule has 1 N–H and O–H groups in total. The van der Waals surface area contributed by atoms with Crippen molar-refractivity contribution in [2.75, 3.05) is 0 Å². The molecule has 0 saturated heterocycles. The SMILES string of the molecule is Cc1ccc(CC2=NNC(C=O)C2)cc1. The third-order valence-electron chi connectivity index (χ3n) is 2.54. The molecule has 1 aromatic rings. The lowest BCUT2D eigenvalue weighted by atomic mass is 10.0. The molecule has 1 aromatic carbocycles. The Bertz CT molecular complexity index is 381. The highest BCUT2D eigenvalue weighted by Gasteiger charge is 2.16. The van der Waals surface area contributed by atoms with Crippen LogP contribution in [0.5, 0.6) is 0 Å². The summed E-state index contributed by atoms with van der Waals surface area (Å²) >= 11 is 0. The molecule has 1 aliphatic rings. The first-order valence-corrected chi connectivity index (χ1v) is 5.10. The molecule has 0 fully saturated rings. The lowest BCUT2D eigenvalue weighted by molar-refractivity contribution is -0.109. The zero-order chi connectivity index (χ0) is 10.7. The number of carbonyl (C=O) groups excluding carboxylic acids is 1. The Morgan fingerprint density at radius 3 is 2.80 bits per heavy atom. The molecule has 0 saturated carbocycles. The van der Waals surface area contributed by atoms with Gasteiger partial charge in [0, 0.05) is 18.6 Å². The van der Waals surface area contributed by atoms with Crippen LogP contribution >= 0.6 is 0 Å². The Balaban J connectivity index is 1.98. The molecule has 2 rings (SSSR count). The van der Waals surface area contributed by atoms with Crippen molar-refractivity contribution in [1.29, 1.82) is 0 Å². The molecule has 1 atom stereocenters. The highest BCUT2D eigenvalue weighted by molar-refractivity contribution is 5.90. The number of carbonyl (C=O) groups is 1. The second-order valence-electron chi connectivity index (χ2n) is 3.92. The molecule has 15 heavy (non-hydrogen) atoms. The topological polar surface area (TPSA) is 41.5 Å². The van der Waals surface area contributed by atoms with Gasteiger partial charge in [0.15, 0.2) is 0 Å². The van der Waals surface area contributed by atoms with Crippen LogP contribution in [0.4, 0.5) is 0 Å². The van der Waals surface area contributed by atoms with Crippen LogP contribution in [-0.2, 0) is 11.2 Å². The molecule has 3 heteroatoms. The molecule has 0 spiro atoms. The van der Waals surface area contributed by atoms with Gasteiger partial charge in [-0.15, -0.1) is 0 Å². The number of rotatable bonds is 3. The molecule has 0 aromatic heterocycles. The number of nitrogens with zero attached hydrogens (tertiary/aromatic N) is 1. The number of nitrogens with one attached hydrogen (secondary N) is 1. The number of benzene rings is 1. The summed E-state index contributed by atoms with van der Waals surface area (Å²) < 4.78 is 0. The third-order valence-corrected chi connectivity index (χ3v) is 2.54. The van der Waals surface area contributed by atoms with E-state index in [9.17, 15) is 4.79 Å². The average Bonchev–Trinajstić information content (AvgIpc) is 2.69. The molecule has 1 heterocycles. The minimum Gasteiger partial charge on any atom is -0.301 e. The quantitative estimate of drug-likeness (QED) is 0.754. The maximum atomic E-state index is 10.5. The van der Waals surface area contributed by atoms with Gasteiger partial charge in [-0.1, -0.05) is 29.8 Å². The van der Waals surface area contributed by atoms with E-state index in [-0.39, 0.29) is 6.04 Å². The molecular formula is C12H14N2O. The summed E-state index contributed by atoms with van der Waals surface area (Å²) in [6.45, 7) is 2.07. The van der Waals surface area contributed by atoms with Crippen LogP contribution in [0, 0.1) is 6.92 Å². The first-order valence-electron chi connectivity index (χ1n) is 5.10. The lowest BCUT2D eigenvalue weighted by Crippen LogP contribution is -2.20. The number of hydrogen-bond acceptors (Lipinski definition) is 3. The third kappa shape index (κ3) is 2.43. The first kappa shape index (κ1) is 9.90. The highest BCUT2D eigenvalue weighted by atomic mass is 16.1. The van der Waals surface area contributed by atoms with Gasteiger partial charge in [0.2, 0.25) is 0 Å². The van der Waals surface area contributed by atoms with Crippen molar-refractivity contribution >= 4 is 12.0 Å². The van der Waals surface area contributed by atoms with E-state index in [1.807, 2.05) is 0 Å². The van der Waals surface area contributed by atoms with E-state index in [1.54, 1.807) is 0 Å². The van der Waals surface area contributed by atoms with E-state index < -0.39 is 0 Å². The zero-order valence-electron chi connectivity index (χ0n) is 8.73. The summed E-state index contributed by atoms with van der Waals surface area (Å²) in [6.07, 6.45) is 2.47.